The molecule has 2 aromatic rings. The van der Waals surface area contributed by atoms with Crippen LogP contribution in [0.15, 0.2) is 12.7 Å². The van der Waals surface area contributed by atoms with E-state index in [2.05, 4.69) is 27.6 Å². The van der Waals surface area contributed by atoms with E-state index in [9.17, 15) is 0 Å². The highest BCUT2D eigenvalue weighted by Gasteiger charge is 2.55. The van der Waals surface area contributed by atoms with Crippen LogP contribution in [0.4, 0.5) is 5.82 Å². The molecule has 9 heteroatoms. The average Bonchev–Trinajstić information content (AvgIpc) is 3.10. The van der Waals surface area contributed by atoms with Crippen LogP contribution in [0.25, 0.3) is 11.2 Å². The molecule has 0 saturated carbocycles. The molecule has 4 rings (SSSR count). The summed E-state index contributed by atoms with van der Waals surface area (Å²) in [5, 5.41) is 0. The Balaban J connectivity index is 1.77. The number of imidazole rings is 1. The topological polar surface area (TPSA) is 97.3 Å². The minimum absolute atomic E-state index is 0.156. The van der Waals surface area contributed by atoms with Crippen LogP contribution in [0, 0.1) is 0 Å². The molecule has 0 aromatic carbocycles. The van der Waals surface area contributed by atoms with Crippen LogP contribution >= 0.6 is 12.6 Å². The van der Waals surface area contributed by atoms with Crippen LogP contribution < -0.4 is 5.73 Å². The minimum Gasteiger partial charge on any atom is -0.382 e. The first kappa shape index (κ1) is 14.2. The number of ether oxygens (including phenoxy) is 3. The molecular formula is C13H17N5O3S. The Kier molecular flexibility index (Phi) is 3.09. The Labute approximate surface area is 132 Å². The lowest BCUT2D eigenvalue weighted by Gasteiger charge is -2.24. The van der Waals surface area contributed by atoms with Gasteiger partial charge in [-0.3, -0.25) is 4.57 Å². The van der Waals surface area contributed by atoms with Crippen molar-refractivity contribution in [2.45, 2.75) is 44.2 Å². The van der Waals surface area contributed by atoms with E-state index >= 15 is 0 Å². The molecular weight excluding hydrogens is 306 g/mol. The largest absolute Gasteiger partial charge is 0.382 e. The number of hydrogen-bond acceptors (Lipinski definition) is 8. The Morgan fingerprint density at radius 1 is 1.27 bits per heavy atom. The molecule has 1 unspecified atom stereocenters. The molecule has 4 atom stereocenters. The Morgan fingerprint density at radius 3 is 2.82 bits per heavy atom. The van der Waals surface area contributed by atoms with Gasteiger partial charge in [-0.25, -0.2) is 15.0 Å². The maximum absolute atomic E-state index is 6.06. The van der Waals surface area contributed by atoms with Gasteiger partial charge in [0.25, 0.3) is 0 Å². The second-order valence-electron chi connectivity index (χ2n) is 5.90. The van der Waals surface area contributed by atoms with E-state index in [1.165, 1.54) is 6.33 Å². The zero-order valence-corrected chi connectivity index (χ0v) is 13.1. The molecule has 2 aromatic heterocycles. The highest BCUT2D eigenvalue weighted by Crippen LogP contribution is 2.43. The molecule has 2 N–H and O–H groups in total. The first-order valence-corrected chi connectivity index (χ1v) is 7.68. The first-order chi connectivity index (χ1) is 10.5. The molecule has 0 spiro atoms. The van der Waals surface area contributed by atoms with E-state index in [1.54, 1.807) is 6.33 Å². The minimum atomic E-state index is -0.650. The summed E-state index contributed by atoms with van der Waals surface area (Å²) in [6.45, 7) is 3.79. The van der Waals surface area contributed by atoms with Crippen LogP contribution in [-0.4, -0.2) is 49.4 Å². The number of rotatable bonds is 2. The van der Waals surface area contributed by atoms with Gasteiger partial charge in [0.05, 0.1) is 12.4 Å². The highest BCUT2D eigenvalue weighted by molar-refractivity contribution is 7.80. The van der Waals surface area contributed by atoms with Crippen molar-refractivity contribution in [2.24, 2.45) is 0 Å². The maximum Gasteiger partial charge on any atom is 0.167 e. The van der Waals surface area contributed by atoms with Gasteiger partial charge in [0.1, 0.15) is 24.1 Å². The van der Waals surface area contributed by atoms with Gasteiger partial charge in [0.15, 0.2) is 23.5 Å². The fourth-order valence-electron chi connectivity index (χ4n) is 3.09. The van der Waals surface area contributed by atoms with Crippen molar-refractivity contribution in [1.29, 1.82) is 0 Å². The molecule has 118 valence electrons. The van der Waals surface area contributed by atoms with Crippen molar-refractivity contribution < 1.29 is 14.2 Å². The molecule has 2 saturated heterocycles. The summed E-state index contributed by atoms with van der Waals surface area (Å²) >= 11 is 4.35. The number of nitrogen functional groups attached to an aromatic ring is 1. The average molecular weight is 323 g/mol. The van der Waals surface area contributed by atoms with E-state index in [4.69, 9.17) is 19.9 Å². The fourth-order valence-corrected chi connectivity index (χ4v) is 3.38. The van der Waals surface area contributed by atoms with E-state index < -0.39 is 5.79 Å². The van der Waals surface area contributed by atoms with Crippen LogP contribution in [0.3, 0.4) is 0 Å². The first-order valence-electron chi connectivity index (χ1n) is 7.05. The second-order valence-corrected chi connectivity index (χ2v) is 6.26. The third kappa shape index (κ3) is 2.00. The van der Waals surface area contributed by atoms with E-state index in [0.717, 1.165) is 0 Å². The third-order valence-electron chi connectivity index (χ3n) is 3.97. The molecule has 4 heterocycles. The number of nitrogens with zero attached hydrogens (tertiary/aromatic N) is 4. The van der Waals surface area contributed by atoms with Gasteiger partial charge in [-0.15, -0.1) is 0 Å². The van der Waals surface area contributed by atoms with Crippen molar-refractivity contribution >= 4 is 29.6 Å². The molecule has 2 aliphatic heterocycles. The van der Waals surface area contributed by atoms with Crippen LogP contribution in [0.1, 0.15) is 20.1 Å². The van der Waals surface area contributed by atoms with Crippen molar-refractivity contribution in [1.82, 2.24) is 19.5 Å². The van der Waals surface area contributed by atoms with Crippen molar-refractivity contribution in [3.05, 3.63) is 12.7 Å². The number of fused-ring (bicyclic) bond motifs is 2. The van der Waals surface area contributed by atoms with Gasteiger partial charge in [0, 0.05) is 5.75 Å². The van der Waals surface area contributed by atoms with Gasteiger partial charge >= 0.3 is 0 Å². The number of hydrogen-bond donors (Lipinski definition) is 2. The van der Waals surface area contributed by atoms with Crippen LogP contribution in [0.5, 0.6) is 0 Å². The second kappa shape index (κ2) is 4.79. The standard InChI is InChI=1S/C13H17N5O3S/c1-13(2)20-8-6(3-22)19-12(9(8)21-13)18-5-17-7-10(14)15-4-16-11(7)18/h4-6,8-9,12,22H,3H2,1-2H3,(H2,14,15,16)/t6-,8-,9-,12?/m1/s1. The summed E-state index contributed by atoms with van der Waals surface area (Å²) < 4.78 is 19.8. The lowest BCUT2D eigenvalue weighted by Crippen LogP contribution is -2.30. The normalized spacial score (nSPS) is 33.4. The molecule has 0 aliphatic carbocycles. The summed E-state index contributed by atoms with van der Waals surface area (Å²) in [5.74, 6) is 0.233. The van der Waals surface area contributed by atoms with Gasteiger partial charge < -0.3 is 19.9 Å². The van der Waals surface area contributed by atoms with E-state index in [1.807, 2.05) is 18.4 Å². The number of anilines is 1. The molecule has 2 aliphatic rings. The predicted molar refractivity (Wildman–Crippen MR) is 81.3 cm³/mol. The van der Waals surface area contributed by atoms with Gasteiger partial charge in [-0.05, 0) is 13.8 Å². The molecule has 0 amide bonds. The van der Waals surface area contributed by atoms with Crippen molar-refractivity contribution in [3.63, 3.8) is 0 Å². The fraction of sp³-hybridized carbons (Fsp3) is 0.615. The zero-order chi connectivity index (χ0) is 15.5. The van der Waals surface area contributed by atoms with E-state index in [-0.39, 0.29) is 24.5 Å². The lowest BCUT2D eigenvalue weighted by molar-refractivity contribution is -0.193. The van der Waals surface area contributed by atoms with Gasteiger partial charge in [-0.2, -0.15) is 12.6 Å². The Hall–Kier alpha value is -1.42. The quantitative estimate of drug-likeness (QED) is 0.787. The number of nitrogens with two attached hydrogens (primary N) is 1. The van der Waals surface area contributed by atoms with E-state index in [0.29, 0.717) is 22.7 Å². The lowest BCUT2D eigenvalue weighted by atomic mass is 10.1. The van der Waals surface area contributed by atoms with Crippen LogP contribution in [0.2, 0.25) is 0 Å². The third-order valence-corrected chi connectivity index (χ3v) is 4.33. The molecule has 2 fully saturated rings. The van der Waals surface area contributed by atoms with Gasteiger partial charge in [0.2, 0.25) is 0 Å². The molecule has 8 nitrogen and oxygen atoms in total. The summed E-state index contributed by atoms with van der Waals surface area (Å²) in [6, 6.07) is 0. The van der Waals surface area contributed by atoms with Crippen LogP contribution in [-0.2, 0) is 14.2 Å². The summed E-state index contributed by atoms with van der Waals surface area (Å²) in [6.07, 6.45) is 2.09. The van der Waals surface area contributed by atoms with Gasteiger partial charge in [-0.1, -0.05) is 0 Å². The summed E-state index contributed by atoms with van der Waals surface area (Å²) in [5.41, 5.74) is 7.00. The Bertz CT molecular complexity index is 721. The summed E-state index contributed by atoms with van der Waals surface area (Å²) in [7, 11) is 0. The zero-order valence-electron chi connectivity index (χ0n) is 12.2. The van der Waals surface area contributed by atoms with Crippen molar-refractivity contribution in [3.8, 4) is 0 Å². The Morgan fingerprint density at radius 2 is 2.05 bits per heavy atom. The summed E-state index contributed by atoms with van der Waals surface area (Å²) in [4.78, 5) is 12.5. The molecule has 0 radical (unpaired) electrons. The van der Waals surface area contributed by atoms with Crippen molar-refractivity contribution in [2.75, 3.05) is 11.5 Å². The smallest absolute Gasteiger partial charge is 0.167 e. The highest BCUT2D eigenvalue weighted by atomic mass is 32.1. The molecule has 22 heavy (non-hydrogen) atoms. The monoisotopic (exact) mass is 323 g/mol. The SMILES string of the molecule is CC1(C)O[C@@H]2[C@@H](CS)OC(n3cnc4c(N)ncnc43)[C@@H]2O1. The number of thiol groups is 1. The molecule has 0 bridgehead atoms. The maximum atomic E-state index is 6.06. The number of aromatic nitrogens is 4. The predicted octanol–water partition coefficient (Wildman–Crippen LogP) is 0.756.